The average Bonchev–Trinajstić information content (AvgIpc) is 3.22. The van der Waals surface area contributed by atoms with Gasteiger partial charge in [-0.25, -0.2) is 0 Å². The average molecular weight is 396 g/mol. The van der Waals surface area contributed by atoms with Crippen molar-refractivity contribution in [3.63, 3.8) is 0 Å². The summed E-state index contributed by atoms with van der Waals surface area (Å²) in [5.74, 6) is 0.329. The molecule has 0 aliphatic carbocycles. The molecule has 4 rings (SSSR count). The number of carbonyl (C=O) groups excluding carboxylic acids is 2. The van der Waals surface area contributed by atoms with Crippen molar-refractivity contribution >= 4 is 22.7 Å². The predicted octanol–water partition coefficient (Wildman–Crippen LogP) is 3.00. The van der Waals surface area contributed by atoms with Crippen LogP contribution in [0.15, 0.2) is 24.4 Å². The van der Waals surface area contributed by atoms with Gasteiger partial charge in [0.1, 0.15) is 6.04 Å². The van der Waals surface area contributed by atoms with Crippen LogP contribution in [-0.2, 0) is 9.53 Å². The van der Waals surface area contributed by atoms with Gasteiger partial charge in [0, 0.05) is 37.9 Å². The van der Waals surface area contributed by atoms with Crippen LogP contribution in [0.4, 0.5) is 0 Å². The normalized spacial score (nSPS) is 20.2. The van der Waals surface area contributed by atoms with Crippen LogP contribution in [0.5, 0.6) is 0 Å². The monoisotopic (exact) mass is 395 g/mol. The first-order valence-electron chi connectivity index (χ1n) is 10.6. The number of amides is 2. The zero-order chi connectivity index (χ0) is 20.4. The first-order chi connectivity index (χ1) is 14.0. The SMILES string of the molecule is Cc1cc(C(=O)N2CCCC2C(=O)NCC2CCOCC2)c2nccc(C)c2c1. The summed E-state index contributed by atoms with van der Waals surface area (Å²) >= 11 is 0. The molecule has 2 saturated heterocycles. The van der Waals surface area contributed by atoms with Crippen LogP contribution >= 0.6 is 0 Å². The number of benzene rings is 1. The minimum atomic E-state index is -0.400. The summed E-state index contributed by atoms with van der Waals surface area (Å²) in [6.45, 7) is 6.82. The van der Waals surface area contributed by atoms with Crippen molar-refractivity contribution < 1.29 is 14.3 Å². The molecule has 2 amide bonds. The van der Waals surface area contributed by atoms with Crippen LogP contribution in [0.2, 0.25) is 0 Å². The van der Waals surface area contributed by atoms with Crippen LogP contribution in [0.25, 0.3) is 10.9 Å². The highest BCUT2D eigenvalue weighted by molar-refractivity contribution is 6.07. The van der Waals surface area contributed by atoms with E-state index in [2.05, 4.69) is 16.4 Å². The lowest BCUT2D eigenvalue weighted by molar-refractivity contribution is -0.125. The summed E-state index contributed by atoms with van der Waals surface area (Å²) in [7, 11) is 0. The summed E-state index contributed by atoms with van der Waals surface area (Å²) in [6.07, 6.45) is 5.26. The Morgan fingerprint density at radius 2 is 2.00 bits per heavy atom. The first kappa shape index (κ1) is 19.8. The van der Waals surface area contributed by atoms with Crippen LogP contribution in [0.1, 0.15) is 47.2 Å². The molecule has 0 spiro atoms. The lowest BCUT2D eigenvalue weighted by Crippen LogP contribution is -2.47. The molecule has 2 aliphatic heterocycles. The van der Waals surface area contributed by atoms with Crippen LogP contribution in [0.3, 0.4) is 0 Å². The predicted molar refractivity (Wildman–Crippen MR) is 112 cm³/mol. The van der Waals surface area contributed by atoms with Gasteiger partial charge in [-0.15, -0.1) is 0 Å². The molecule has 1 aromatic carbocycles. The maximum Gasteiger partial charge on any atom is 0.256 e. The van der Waals surface area contributed by atoms with Crippen LogP contribution < -0.4 is 5.32 Å². The fraction of sp³-hybridized carbons (Fsp3) is 0.522. The highest BCUT2D eigenvalue weighted by Gasteiger charge is 2.35. The molecule has 1 unspecified atom stereocenters. The molecule has 1 atom stereocenters. The number of nitrogens with one attached hydrogen (secondary N) is 1. The molecule has 2 fully saturated rings. The Balaban J connectivity index is 1.53. The van der Waals surface area contributed by atoms with Crippen molar-refractivity contribution in [1.82, 2.24) is 15.2 Å². The topological polar surface area (TPSA) is 71.5 Å². The summed E-state index contributed by atoms with van der Waals surface area (Å²) in [4.78, 5) is 32.5. The van der Waals surface area contributed by atoms with Crippen molar-refractivity contribution in [3.8, 4) is 0 Å². The number of hydrogen-bond acceptors (Lipinski definition) is 4. The molecule has 154 valence electrons. The van der Waals surface area contributed by atoms with Gasteiger partial charge < -0.3 is 15.0 Å². The number of aromatic nitrogens is 1. The molecule has 0 radical (unpaired) electrons. The fourth-order valence-electron chi connectivity index (χ4n) is 4.45. The number of carbonyl (C=O) groups is 2. The van der Waals surface area contributed by atoms with Gasteiger partial charge in [0.15, 0.2) is 0 Å². The van der Waals surface area contributed by atoms with Gasteiger partial charge in [-0.05, 0) is 74.8 Å². The Hall–Kier alpha value is -2.47. The van der Waals surface area contributed by atoms with Gasteiger partial charge in [-0.2, -0.15) is 0 Å². The third-order valence-corrected chi connectivity index (χ3v) is 6.16. The van der Waals surface area contributed by atoms with Gasteiger partial charge in [-0.3, -0.25) is 14.6 Å². The van der Waals surface area contributed by atoms with E-state index in [-0.39, 0.29) is 11.8 Å². The Bertz CT molecular complexity index is 921. The van der Waals surface area contributed by atoms with Crippen LogP contribution in [-0.4, -0.2) is 54.0 Å². The van der Waals surface area contributed by atoms with Gasteiger partial charge in [0.25, 0.3) is 5.91 Å². The number of pyridine rings is 1. The number of aryl methyl sites for hydroxylation is 2. The van der Waals surface area contributed by atoms with E-state index in [4.69, 9.17) is 4.74 Å². The second-order valence-corrected chi connectivity index (χ2v) is 8.29. The summed E-state index contributed by atoms with van der Waals surface area (Å²) in [5.41, 5.74) is 3.43. The van der Waals surface area contributed by atoms with E-state index in [1.807, 2.05) is 26.0 Å². The zero-order valence-corrected chi connectivity index (χ0v) is 17.2. The Morgan fingerprint density at radius 1 is 1.21 bits per heavy atom. The Morgan fingerprint density at radius 3 is 2.79 bits per heavy atom. The zero-order valence-electron chi connectivity index (χ0n) is 17.2. The highest BCUT2D eigenvalue weighted by Crippen LogP contribution is 2.27. The third kappa shape index (κ3) is 4.13. The van der Waals surface area contributed by atoms with Crippen molar-refractivity contribution in [2.24, 2.45) is 5.92 Å². The molecule has 2 aliphatic rings. The van der Waals surface area contributed by atoms with E-state index in [9.17, 15) is 9.59 Å². The van der Waals surface area contributed by atoms with Gasteiger partial charge >= 0.3 is 0 Å². The highest BCUT2D eigenvalue weighted by atomic mass is 16.5. The molecule has 0 saturated carbocycles. The Kier molecular flexibility index (Phi) is 5.81. The molecule has 2 aromatic rings. The Labute approximate surface area is 171 Å². The number of fused-ring (bicyclic) bond motifs is 1. The number of ether oxygens (including phenoxy) is 1. The maximum atomic E-state index is 13.4. The number of likely N-dealkylation sites (tertiary alicyclic amines) is 1. The maximum absolute atomic E-state index is 13.4. The standard InChI is InChI=1S/C23H29N3O3/c1-15-12-18-16(2)5-8-24-21(18)19(13-15)23(28)26-9-3-4-20(26)22(27)25-14-17-6-10-29-11-7-17/h5,8,12-13,17,20H,3-4,6-7,9-11,14H2,1-2H3,(H,25,27). The molecular formula is C23H29N3O3. The summed E-state index contributed by atoms with van der Waals surface area (Å²) < 4.78 is 5.39. The number of hydrogen-bond donors (Lipinski definition) is 1. The molecule has 6 nitrogen and oxygen atoms in total. The van der Waals surface area contributed by atoms with E-state index in [0.29, 0.717) is 36.5 Å². The van der Waals surface area contributed by atoms with E-state index in [0.717, 1.165) is 49.0 Å². The van der Waals surface area contributed by atoms with E-state index >= 15 is 0 Å². The van der Waals surface area contributed by atoms with Gasteiger partial charge in [-0.1, -0.05) is 0 Å². The molecule has 6 heteroatoms. The van der Waals surface area contributed by atoms with E-state index in [1.54, 1.807) is 11.1 Å². The molecule has 29 heavy (non-hydrogen) atoms. The second-order valence-electron chi connectivity index (χ2n) is 8.29. The minimum Gasteiger partial charge on any atom is -0.381 e. The minimum absolute atomic E-state index is 0.0385. The van der Waals surface area contributed by atoms with E-state index < -0.39 is 6.04 Å². The second kappa shape index (κ2) is 8.49. The lowest BCUT2D eigenvalue weighted by Gasteiger charge is -2.27. The number of rotatable bonds is 4. The van der Waals surface area contributed by atoms with Crippen molar-refractivity contribution in [2.75, 3.05) is 26.3 Å². The summed E-state index contributed by atoms with van der Waals surface area (Å²) in [6, 6.07) is 5.52. The smallest absolute Gasteiger partial charge is 0.256 e. The quantitative estimate of drug-likeness (QED) is 0.864. The largest absolute Gasteiger partial charge is 0.381 e. The van der Waals surface area contributed by atoms with E-state index in [1.165, 1.54) is 0 Å². The molecular weight excluding hydrogens is 366 g/mol. The molecule has 3 heterocycles. The fourth-order valence-corrected chi connectivity index (χ4v) is 4.45. The van der Waals surface area contributed by atoms with Gasteiger partial charge in [0.05, 0.1) is 11.1 Å². The third-order valence-electron chi connectivity index (χ3n) is 6.16. The van der Waals surface area contributed by atoms with Crippen molar-refractivity contribution in [2.45, 2.75) is 45.6 Å². The van der Waals surface area contributed by atoms with Crippen molar-refractivity contribution in [1.29, 1.82) is 0 Å². The number of nitrogens with zero attached hydrogens (tertiary/aromatic N) is 2. The van der Waals surface area contributed by atoms with Crippen LogP contribution in [0, 0.1) is 19.8 Å². The summed E-state index contributed by atoms with van der Waals surface area (Å²) in [5, 5.41) is 4.08. The molecule has 0 bridgehead atoms. The molecule has 1 aromatic heterocycles. The lowest BCUT2D eigenvalue weighted by atomic mass is 10.00. The molecule has 1 N–H and O–H groups in total. The van der Waals surface area contributed by atoms with Gasteiger partial charge in [0.2, 0.25) is 5.91 Å². The van der Waals surface area contributed by atoms with Crippen molar-refractivity contribution in [3.05, 3.63) is 41.1 Å². The first-order valence-corrected chi connectivity index (χ1v) is 10.6.